The normalized spacial score (nSPS) is 9.93. The lowest BCUT2D eigenvalue weighted by Gasteiger charge is -2.04. The van der Waals surface area contributed by atoms with E-state index in [1.807, 2.05) is 6.92 Å². The average molecular weight is 192 g/mol. The fourth-order valence-electron chi connectivity index (χ4n) is 1.22. The molecule has 0 heterocycles. The highest BCUT2D eigenvalue weighted by atomic mass is 19.1. The number of hydrogen-bond donors (Lipinski definition) is 0. The number of benzene rings is 1. The van der Waals surface area contributed by atoms with Crippen LogP contribution in [0.4, 0.5) is 4.39 Å². The minimum Gasteiger partial charge on any atom is -0.300 e. The summed E-state index contributed by atoms with van der Waals surface area (Å²) in [4.78, 5) is 10.8. The summed E-state index contributed by atoms with van der Waals surface area (Å²) in [6.45, 7) is 6.99. The molecule has 0 aromatic heterocycles. The second kappa shape index (κ2) is 4.18. The molecule has 0 atom stereocenters. The second-order valence-corrected chi connectivity index (χ2v) is 3.47. The standard InChI is InChI=1S/C12H13FO/c1-8(2)10-4-5-11(6-9(3)14)12(13)7-10/h4-5,7H,1,6H2,2-3H3. The molecule has 0 saturated heterocycles. The number of carbonyl (C=O) groups is 1. The number of rotatable bonds is 3. The molecule has 1 nitrogen and oxygen atoms in total. The van der Waals surface area contributed by atoms with Crippen molar-refractivity contribution in [3.63, 3.8) is 0 Å². The zero-order valence-corrected chi connectivity index (χ0v) is 8.43. The minimum absolute atomic E-state index is 0.0352. The van der Waals surface area contributed by atoms with Crippen molar-refractivity contribution < 1.29 is 9.18 Å². The summed E-state index contributed by atoms with van der Waals surface area (Å²) in [7, 11) is 0. The smallest absolute Gasteiger partial charge is 0.134 e. The number of halogens is 1. The molecular formula is C12H13FO. The van der Waals surface area contributed by atoms with Crippen LogP contribution in [0.25, 0.3) is 5.57 Å². The second-order valence-electron chi connectivity index (χ2n) is 3.47. The Bertz CT molecular complexity index is 380. The molecule has 14 heavy (non-hydrogen) atoms. The predicted molar refractivity (Wildman–Crippen MR) is 55.5 cm³/mol. The molecule has 0 unspecified atom stereocenters. The molecule has 0 amide bonds. The molecular weight excluding hydrogens is 179 g/mol. The zero-order chi connectivity index (χ0) is 10.7. The average Bonchev–Trinajstić information content (AvgIpc) is 2.07. The van der Waals surface area contributed by atoms with Gasteiger partial charge in [-0.3, -0.25) is 4.79 Å². The van der Waals surface area contributed by atoms with Gasteiger partial charge in [0.25, 0.3) is 0 Å². The van der Waals surface area contributed by atoms with Gasteiger partial charge in [-0.2, -0.15) is 0 Å². The van der Waals surface area contributed by atoms with Crippen molar-refractivity contribution in [3.8, 4) is 0 Å². The summed E-state index contributed by atoms with van der Waals surface area (Å²) in [6, 6.07) is 4.84. The number of ketones is 1. The van der Waals surface area contributed by atoms with Gasteiger partial charge in [-0.05, 0) is 31.0 Å². The van der Waals surface area contributed by atoms with Gasteiger partial charge in [-0.1, -0.05) is 24.3 Å². The van der Waals surface area contributed by atoms with E-state index < -0.39 is 0 Å². The summed E-state index contributed by atoms with van der Waals surface area (Å²) >= 11 is 0. The number of allylic oxidation sites excluding steroid dienone is 1. The first-order valence-corrected chi connectivity index (χ1v) is 4.44. The van der Waals surface area contributed by atoms with Crippen LogP contribution < -0.4 is 0 Å². The van der Waals surface area contributed by atoms with Gasteiger partial charge in [0.2, 0.25) is 0 Å². The van der Waals surface area contributed by atoms with Gasteiger partial charge in [0.15, 0.2) is 0 Å². The molecule has 0 N–H and O–H groups in total. The largest absolute Gasteiger partial charge is 0.300 e. The van der Waals surface area contributed by atoms with Crippen molar-refractivity contribution in [1.29, 1.82) is 0 Å². The van der Waals surface area contributed by atoms with Gasteiger partial charge in [0.05, 0.1) is 0 Å². The van der Waals surface area contributed by atoms with E-state index in [0.29, 0.717) is 5.56 Å². The summed E-state index contributed by atoms with van der Waals surface area (Å²) in [5, 5.41) is 0. The Morgan fingerprint density at radius 2 is 2.07 bits per heavy atom. The monoisotopic (exact) mass is 192 g/mol. The maximum Gasteiger partial charge on any atom is 0.134 e. The maximum absolute atomic E-state index is 13.4. The van der Waals surface area contributed by atoms with E-state index in [9.17, 15) is 9.18 Å². The molecule has 0 fully saturated rings. The van der Waals surface area contributed by atoms with Gasteiger partial charge in [-0.25, -0.2) is 4.39 Å². The maximum atomic E-state index is 13.4. The lowest BCUT2D eigenvalue weighted by atomic mass is 10.0. The Morgan fingerprint density at radius 1 is 1.43 bits per heavy atom. The molecule has 0 aliphatic rings. The van der Waals surface area contributed by atoms with Crippen molar-refractivity contribution >= 4 is 11.4 Å². The van der Waals surface area contributed by atoms with E-state index in [2.05, 4.69) is 6.58 Å². The van der Waals surface area contributed by atoms with Crippen LogP contribution in [0.15, 0.2) is 24.8 Å². The molecule has 1 aromatic rings. The Morgan fingerprint density at radius 3 is 2.50 bits per heavy atom. The van der Waals surface area contributed by atoms with Crippen molar-refractivity contribution in [2.45, 2.75) is 20.3 Å². The Hall–Kier alpha value is -1.44. The van der Waals surface area contributed by atoms with Crippen molar-refractivity contribution in [2.24, 2.45) is 0 Å². The van der Waals surface area contributed by atoms with Gasteiger partial charge in [0, 0.05) is 6.42 Å². The van der Waals surface area contributed by atoms with Crippen LogP contribution in [0, 0.1) is 5.82 Å². The molecule has 2 heteroatoms. The van der Waals surface area contributed by atoms with Gasteiger partial charge < -0.3 is 0 Å². The minimum atomic E-state index is -0.333. The van der Waals surface area contributed by atoms with E-state index in [1.54, 1.807) is 12.1 Å². The summed E-state index contributed by atoms with van der Waals surface area (Å²) < 4.78 is 13.4. The Kier molecular flexibility index (Phi) is 3.18. The van der Waals surface area contributed by atoms with Crippen molar-refractivity contribution in [2.75, 3.05) is 0 Å². The fraction of sp³-hybridized carbons (Fsp3) is 0.250. The third-order valence-corrected chi connectivity index (χ3v) is 1.99. The summed E-state index contributed by atoms with van der Waals surface area (Å²) in [6.07, 6.45) is 0.155. The highest BCUT2D eigenvalue weighted by Crippen LogP contribution is 2.16. The molecule has 0 aliphatic heterocycles. The molecule has 1 rings (SSSR count). The molecule has 0 spiro atoms. The van der Waals surface area contributed by atoms with Crippen LogP contribution in [-0.4, -0.2) is 5.78 Å². The molecule has 0 radical (unpaired) electrons. The first-order chi connectivity index (χ1) is 6.50. The predicted octanol–water partition coefficient (Wildman–Crippen LogP) is 2.99. The molecule has 0 bridgehead atoms. The number of carbonyl (C=O) groups excluding carboxylic acids is 1. The number of hydrogen-bond acceptors (Lipinski definition) is 1. The Labute approximate surface area is 83.3 Å². The van der Waals surface area contributed by atoms with Crippen LogP contribution in [0.3, 0.4) is 0 Å². The van der Waals surface area contributed by atoms with Crippen LogP contribution in [0.5, 0.6) is 0 Å². The van der Waals surface area contributed by atoms with Gasteiger partial charge in [-0.15, -0.1) is 0 Å². The van der Waals surface area contributed by atoms with Gasteiger partial charge >= 0.3 is 0 Å². The van der Waals surface area contributed by atoms with E-state index >= 15 is 0 Å². The van der Waals surface area contributed by atoms with Crippen LogP contribution in [-0.2, 0) is 11.2 Å². The highest BCUT2D eigenvalue weighted by molar-refractivity contribution is 5.78. The van der Waals surface area contributed by atoms with E-state index in [1.165, 1.54) is 13.0 Å². The lowest BCUT2D eigenvalue weighted by molar-refractivity contribution is -0.116. The van der Waals surface area contributed by atoms with Crippen LogP contribution in [0.2, 0.25) is 0 Å². The first kappa shape index (κ1) is 10.6. The van der Waals surface area contributed by atoms with Gasteiger partial charge in [0.1, 0.15) is 11.6 Å². The first-order valence-electron chi connectivity index (χ1n) is 4.44. The van der Waals surface area contributed by atoms with E-state index in [-0.39, 0.29) is 18.0 Å². The number of Topliss-reactive ketones (excluding diaryl/α,β-unsaturated/α-hetero) is 1. The van der Waals surface area contributed by atoms with Crippen LogP contribution >= 0.6 is 0 Å². The van der Waals surface area contributed by atoms with Crippen molar-refractivity contribution in [3.05, 3.63) is 41.7 Å². The Balaban J connectivity index is 3.01. The molecule has 1 aromatic carbocycles. The third kappa shape index (κ3) is 2.52. The third-order valence-electron chi connectivity index (χ3n) is 1.99. The highest BCUT2D eigenvalue weighted by Gasteiger charge is 2.05. The summed E-state index contributed by atoms with van der Waals surface area (Å²) in [5.74, 6) is -0.368. The SMILES string of the molecule is C=C(C)c1ccc(CC(C)=O)c(F)c1. The molecule has 74 valence electrons. The van der Waals surface area contributed by atoms with E-state index in [4.69, 9.17) is 0 Å². The quantitative estimate of drug-likeness (QED) is 0.719. The van der Waals surface area contributed by atoms with Crippen LogP contribution in [0.1, 0.15) is 25.0 Å². The molecule has 0 saturated carbocycles. The van der Waals surface area contributed by atoms with Crippen molar-refractivity contribution in [1.82, 2.24) is 0 Å². The zero-order valence-electron chi connectivity index (χ0n) is 8.43. The van der Waals surface area contributed by atoms with E-state index in [0.717, 1.165) is 11.1 Å². The summed E-state index contributed by atoms with van der Waals surface area (Å²) in [5.41, 5.74) is 2.04. The molecule has 0 aliphatic carbocycles. The fourth-order valence-corrected chi connectivity index (χ4v) is 1.22. The lowest BCUT2D eigenvalue weighted by Crippen LogP contribution is -1.99. The topological polar surface area (TPSA) is 17.1 Å².